The molecule has 1 rings (SSSR count). The van der Waals surface area contributed by atoms with E-state index in [1.165, 1.54) is 23.9 Å². The van der Waals surface area contributed by atoms with Crippen LogP contribution in [0.1, 0.15) is 10.4 Å². The van der Waals surface area contributed by atoms with E-state index < -0.39 is 4.92 Å². The van der Waals surface area contributed by atoms with Gasteiger partial charge in [0, 0.05) is 22.6 Å². The lowest BCUT2D eigenvalue weighted by Gasteiger charge is -2.04. The highest BCUT2D eigenvalue weighted by Gasteiger charge is 2.14. The van der Waals surface area contributed by atoms with Crippen molar-refractivity contribution in [1.82, 2.24) is 0 Å². The maximum absolute atomic E-state index is 11.4. The highest BCUT2D eigenvalue weighted by atomic mass is 32.2. The number of thioether (sulfide) groups is 1. The summed E-state index contributed by atoms with van der Waals surface area (Å²) in [6.45, 7) is -0.144. The van der Waals surface area contributed by atoms with E-state index in [1.54, 1.807) is 12.3 Å². The molecule has 0 heterocycles. The summed E-state index contributed by atoms with van der Waals surface area (Å²) >= 11 is 1.36. The lowest BCUT2D eigenvalue weighted by Crippen LogP contribution is -2.14. The molecule has 0 aromatic heterocycles. The number of nitrogens with two attached hydrogens (primary N) is 1. The first-order chi connectivity index (χ1) is 7.10. The van der Waals surface area contributed by atoms with Crippen LogP contribution in [0.25, 0.3) is 0 Å². The van der Waals surface area contributed by atoms with Crippen molar-refractivity contribution < 1.29 is 9.72 Å². The lowest BCUT2D eigenvalue weighted by molar-refractivity contribution is -0.384. The van der Waals surface area contributed by atoms with E-state index in [1.807, 2.05) is 0 Å². The summed E-state index contributed by atoms with van der Waals surface area (Å²) in [6, 6.07) is 4.20. The third kappa shape index (κ3) is 2.54. The standard InChI is InChI=1S/C9H10N2O3S/c1-15-9-3-2-6(11(13)14)4-7(9)8(12)5-10/h2-4H,5,10H2,1H3. The summed E-state index contributed by atoms with van der Waals surface area (Å²) in [5.41, 5.74) is 5.45. The zero-order valence-electron chi connectivity index (χ0n) is 8.10. The molecule has 0 bridgehead atoms. The Labute approximate surface area is 90.8 Å². The Morgan fingerprint density at radius 2 is 2.27 bits per heavy atom. The predicted molar refractivity (Wildman–Crippen MR) is 58.3 cm³/mol. The van der Waals surface area contributed by atoms with Crippen LogP contribution in [-0.2, 0) is 0 Å². The molecule has 1 aromatic rings. The normalized spacial score (nSPS) is 10.0. The molecule has 0 aliphatic heterocycles. The molecule has 0 aliphatic carbocycles. The van der Waals surface area contributed by atoms with Crippen LogP contribution in [0.2, 0.25) is 0 Å². The van der Waals surface area contributed by atoms with Crippen molar-refractivity contribution >= 4 is 23.2 Å². The van der Waals surface area contributed by atoms with Crippen LogP contribution in [0.5, 0.6) is 0 Å². The summed E-state index contributed by atoms with van der Waals surface area (Å²) in [7, 11) is 0. The zero-order valence-corrected chi connectivity index (χ0v) is 8.91. The second-order valence-corrected chi connectivity index (χ2v) is 3.62. The summed E-state index contributed by atoms with van der Waals surface area (Å²) < 4.78 is 0. The van der Waals surface area contributed by atoms with Gasteiger partial charge in [0.05, 0.1) is 11.5 Å². The van der Waals surface area contributed by atoms with Crippen LogP contribution in [0.15, 0.2) is 23.1 Å². The third-order valence-electron chi connectivity index (χ3n) is 1.88. The Balaban J connectivity index is 3.25. The SMILES string of the molecule is CSc1ccc([N+](=O)[O-])cc1C(=O)CN. The Morgan fingerprint density at radius 3 is 2.73 bits per heavy atom. The number of hydrogen-bond donors (Lipinski definition) is 1. The number of nitro benzene ring substituents is 1. The van der Waals surface area contributed by atoms with Crippen molar-refractivity contribution in [3.63, 3.8) is 0 Å². The molecule has 2 N–H and O–H groups in total. The Morgan fingerprint density at radius 1 is 1.60 bits per heavy atom. The molecule has 0 atom stereocenters. The van der Waals surface area contributed by atoms with E-state index in [0.717, 1.165) is 0 Å². The average Bonchev–Trinajstić information content (AvgIpc) is 2.27. The van der Waals surface area contributed by atoms with E-state index in [2.05, 4.69) is 0 Å². The van der Waals surface area contributed by atoms with Crippen LogP contribution in [0, 0.1) is 10.1 Å². The fourth-order valence-corrected chi connectivity index (χ4v) is 1.73. The van der Waals surface area contributed by atoms with Crippen LogP contribution in [0.3, 0.4) is 0 Å². The van der Waals surface area contributed by atoms with Crippen molar-refractivity contribution in [2.45, 2.75) is 4.90 Å². The number of nitrogens with zero attached hydrogens (tertiary/aromatic N) is 1. The van der Waals surface area contributed by atoms with E-state index in [-0.39, 0.29) is 18.0 Å². The Hall–Kier alpha value is -1.40. The fourth-order valence-electron chi connectivity index (χ4n) is 1.14. The molecule has 0 saturated carbocycles. The minimum atomic E-state index is -0.530. The molecule has 1 aromatic carbocycles. The number of Topliss-reactive ketones (excluding diaryl/α,β-unsaturated/α-hetero) is 1. The molecule has 0 radical (unpaired) electrons. The van der Waals surface area contributed by atoms with Gasteiger partial charge in [0.2, 0.25) is 0 Å². The van der Waals surface area contributed by atoms with Crippen molar-refractivity contribution in [3.8, 4) is 0 Å². The van der Waals surface area contributed by atoms with Gasteiger partial charge in [-0.15, -0.1) is 11.8 Å². The van der Waals surface area contributed by atoms with Gasteiger partial charge in [-0.1, -0.05) is 0 Å². The molecular weight excluding hydrogens is 216 g/mol. The van der Waals surface area contributed by atoms with E-state index >= 15 is 0 Å². The summed E-state index contributed by atoms with van der Waals surface area (Å²) in [6.07, 6.45) is 1.80. The van der Waals surface area contributed by atoms with E-state index in [0.29, 0.717) is 10.5 Å². The molecule has 15 heavy (non-hydrogen) atoms. The van der Waals surface area contributed by atoms with E-state index in [9.17, 15) is 14.9 Å². The molecule has 80 valence electrons. The van der Waals surface area contributed by atoms with E-state index in [4.69, 9.17) is 5.73 Å². The number of nitro groups is 1. The number of carbonyl (C=O) groups is 1. The van der Waals surface area contributed by atoms with Gasteiger partial charge in [-0.25, -0.2) is 0 Å². The monoisotopic (exact) mass is 226 g/mol. The van der Waals surface area contributed by atoms with Crippen molar-refractivity contribution in [2.24, 2.45) is 5.73 Å². The molecule has 0 saturated heterocycles. The lowest BCUT2D eigenvalue weighted by atomic mass is 10.1. The number of carbonyl (C=O) groups excluding carboxylic acids is 1. The van der Waals surface area contributed by atoms with Crippen LogP contribution in [-0.4, -0.2) is 23.5 Å². The zero-order chi connectivity index (χ0) is 11.4. The highest BCUT2D eigenvalue weighted by molar-refractivity contribution is 7.98. The summed E-state index contributed by atoms with van der Waals surface area (Å²) in [5.74, 6) is -0.289. The quantitative estimate of drug-likeness (QED) is 0.363. The largest absolute Gasteiger partial charge is 0.324 e. The minimum absolute atomic E-state index is 0.0930. The second-order valence-electron chi connectivity index (χ2n) is 2.77. The molecule has 6 heteroatoms. The van der Waals surface area contributed by atoms with Gasteiger partial charge in [0.25, 0.3) is 5.69 Å². The molecule has 0 spiro atoms. The van der Waals surface area contributed by atoms with Crippen molar-refractivity contribution in [2.75, 3.05) is 12.8 Å². The number of benzene rings is 1. The van der Waals surface area contributed by atoms with Crippen LogP contribution >= 0.6 is 11.8 Å². The predicted octanol–water partition coefficient (Wildman–Crippen LogP) is 1.46. The number of ketones is 1. The van der Waals surface area contributed by atoms with Gasteiger partial charge in [-0.2, -0.15) is 0 Å². The van der Waals surface area contributed by atoms with Crippen LogP contribution in [0.4, 0.5) is 5.69 Å². The molecule has 0 unspecified atom stereocenters. The Kier molecular flexibility index (Phi) is 3.81. The Bertz CT molecular complexity index is 406. The number of rotatable bonds is 4. The van der Waals surface area contributed by atoms with Gasteiger partial charge in [0.1, 0.15) is 0 Å². The van der Waals surface area contributed by atoms with Gasteiger partial charge in [-0.05, 0) is 12.3 Å². The molecule has 5 nitrogen and oxygen atoms in total. The average molecular weight is 226 g/mol. The van der Waals surface area contributed by atoms with Crippen molar-refractivity contribution in [3.05, 3.63) is 33.9 Å². The number of non-ortho nitro benzene ring substituents is 1. The maximum Gasteiger partial charge on any atom is 0.270 e. The molecule has 0 amide bonds. The van der Waals surface area contributed by atoms with Gasteiger partial charge >= 0.3 is 0 Å². The first kappa shape index (κ1) is 11.7. The van der Waals surface area contributed by atoms with Gasteiger partial charge in [-0.3, -0.25) is 14.9 Å². The fraction of sp³-hybridized carbons (Fsp3) is 0.222. The van der Waals surface area contributed by atoms with Gasteiger partial charge < -0.3 is 5.73 Å². The summed E-state index contributed by atoms with van der Waals surface area (Å²) in [4.78, 5) is 22.1. The smallest absolute Gasteiger partial charge is 0.270 e. The number of hydrogen-bond acceptors (Lipinski definition) is 5. The van der Waals surface area contributed by atoms with Gasteiger partial charge in [0.15, 0.2) is 5.78 Å². The van der Waals surface area contributed by atoms with Crippen LogP contribution < -0.4 is 5.73 Å². The second kappa shape index (κ2) is 4.90. The first-order valence-corrected chi connectivity index (χ1v) is 5.38. The summed E-state index contributed by atoms with van der Waals surface area (Å²) in [5, 5.41) is 10.5. The van der Waals surface area contributed by atoms with Crippen molar-refractivity contribution in [1.29, 1.82) is 0 Å². The topological polar surface area (TPSA) is 86.2 Å². The maximum atomic E-state index is 11.4. The first-order valence-electron chi connectivity index (χ1n) is 4.16. The third-order valence-corrected chi connectivity index (χ3v) is 2.68. The molecule has 0 aliphatic rings. The minimum Gasteiger partial charge on any atom is -0.324 e. The highest BCUT2D eigenvalue weighted by Crippen LogP contribution is 2.25. The molecular formula is C9H10N2O3S. The molecule has 0 fully saturated rings.